The fourth-order valence-electron chi connectivity index (χ4n) is 4.13. The van der Waals surface area contributed by atoms with Crippen molar-refractivity contribution in [3.8, 4) is 0 Å². The molecule has 0 radical (unpaired) electrons. The summed E-state index contributed by atoms with van der Waals surface area (Å²) in [5.74, 6) is 0.762. The van der Waals surface area contributed by atoms with Crippen molar-refractivity contribution in [2.24, 2.45) is 5.92 Å². The van der Waals surface area contributed by atoms with Crippen LogP contribution in [-0.4, -0.2) is 70.1 Å². The van der Waals surface area contributed by atoms with E-state index >= 15 is 0 Å². The maximum absolute atomic E-state index is 2.75. The predicted molar refractivity (Wildman–Crippen MR) is 102 cm³/mol. The van der Waals surface area contributed by atoms with E-state index in [1.807, 2.05) is 0 Å². The van der Waals surface area contributed by atoms with Gasteiger partial charge in [0.1, 0.15) is 0 Å². The molecule has 0 aliphatic carbocycles. The lowest BCUT2D eigenvalue weighted by Crippen LogP contribution is -2.56. The molecule has 22 heavy (non-hydrogen) atoms. The summed E-state index contributed by atoms with van der Waals surface area (Å²) in [7, 11) is 3.51. The monoisotopic (exact) mass is 332 g/mol. The molecule has 0 amide bonds. The first kappa shape index (κ1) is 20.2. The van der Waals surface area contributed by atoms with Crippen LogP contribution in [-0.2, 0) is 0 Å². The first-order chi connectivity index (χ1) is 10.4. The molecule has 2 unspecified atom stereocenters. The van der Waals surface area contributed by atoms with E-state index in [1.54, 1.807) is 0 Å². The Morgan fingerprint density at radius 3 is 1.73 bits per heavy atom. The Morgan fingerprint density at radius 2 is 1.36 bits per heavy atom. The zero-order valence-corrected chi connectivity index (χ0v) is 17.1. The van der Waals surface area contributed by atoms with Gasteiger partial charge in [0.05, 0.1) is 0 Å². The van der Waals surface area contributed by atoms with Gasteiger partial charge in [-0.15, -0.1) is 0 Å². The molecule has 4 nitrogen and oxygen atoms in total. The van der Waals surface area contributed by atoms with E-state index in [2.05, 4.69) is 72.9 Å². The fraction of sp³-hybridized carbons (Fsp3) is 1.00. The van der Waals surface area contributed by atoms with E-state index in [9.17, 15) is 0 Å². The lowest BCUT2D eigenvalue weighted by atomic mass is 10.0. The highest BCUT2D eigenvalue weighted by atomic mass is 32.3. The topological polar surface area (TPSA) is 13.0 Å². The summed E-state index contributed by atoms with van der Waals surface area (Å²) < 4.78 is 10.9. The minimum Gasteiger partial charge on any atom is -0.235 e. The fourth-order valence-corrected chi connectivity index (χ4v) is 8.89. The van der Waals surface area contributed by atoms with Gasteiger partial charge in [-0.3, -0.25) is 0 Å². The highest BCUT2D eigenvalue weighted by molar-refractivity contribution is 8.25. The molecule has 1 rings (SSSR count). The molecule has 0 N–H and O–H groups in total. The molecule has 1 aliphatic rings. The van der Waals surface area contributed by atoms with E-state index in [-0.39, 0.29) is 0 Å². The zero-order chi connectivity index (χ0) is 16.9. The Morgan fingerprint density at radius 1 is 0.909 bits per heavy atom. The van der Waals surface area contributed by atoms with Gasteiger partial charge >= 0.3 is 0 Å². The molecule has 0 spiro atoms. The van der Waals surface area contributed by atoms with Crippen molar-refractivity contribution in [3.63, 3.8) is 0 Å². The first-order valence-electron chi connectivity index (χ1n) is 9.21. The van der Waals surface area contributed by atoms with Crippen LogP contribution < -0.4 is 0 Å². The van der Waals surface area contributed by atoms with Crippen molar-refractivity contribution in [3.05, 3.63) is 0 Å². The van der Waals surface area contributed by atoms with Crippen molar-refractivity contribution < 1.29 is 0 Å². The Bertz CT molecular complexity index is 306. The summed E-state index contributed by atoms with van der Waals surface area (Å²) >= 11 is 0. The maximum Gasteiger partial charge on any atom is 0.0218 e. The van der Waals surface area contributed by atoms with Gasteiger partial charge in [-0.1, -0.05) is 41.5 Å². The summed E-state index contributed by atoms with van der Waals surface area (Å²) in [5, 5.41) is 0. The Balaban J connectivity index is 3.45. The Labute approximate surface area is 141 Å². The van der Waals surface area contributed by atoms with Crippen LogP contribution in [0.1, 0.15) is 54.4 Å². The summed E-state index contributed by atoms with van der Waals surface area (Å²) in [6.07, 6.45) is 2.56. The normalized spacial score (nSPS) is 29.0. The van der Waals surface area contributed by atoms with Crippen LogP contribution in [0.4, 0.5) is 0 Å². The van der Waals surface area contributed by atoms with Gasteiger partial charge in [0, 0.05) is 38.8 Å². The largest absolute Gasteiger partial charge is 0.235 e. The average Bonchev–Trinajstić information content (AvgIpc) is 2.60. The van der Waals surface area contributed by atoms with Gasteiger partial charge in [-0.25, -0.2) is 17.2 Å². The molecule has 0 saturated carbocycles. The van der Waals surface area contributed by atoms with E-state index in [4.69, 9.17) is 0 Å². The predicted octanol–water partition coefficient (Wildman–Crippen LogP) is 3.82. The number of nitrogens with zero attached hydrogens (tertiary/aromatic N) is 4. The van der Waals surface area contributed by atoms with Gasteiger partial charge in [0.25, 0.3) is 0 Å². The molecular formula is C17H40N4S. The van der Waals surface area contributed by atoms with E-state index in [1.165, 1.54) is 19.4 Å². The van der Waals surface area contributed by atoms with Crippen molar-refractivity contribution in [1.82, 2.24) is 17.2 Å². The molecule has 1 heterocycles. The minimum absolute atomic E-state index is 0.677. The van der Waals surface area contributed by atoms with Gasteiger partial charge < -0.3 is 0 Å². The number of rotatable bonds is 7. The van der Waals surface area contributed by atoms with Crippen molar-refractivity contribution in [1.29, 1.82) is 0 Å². The van der Waals surface area contributed by atoms with Crippen LogP contribution in [0.15, 0.2) is 0 Å². The highest BCUT2D eigenvalue weighted by Gasteiger charge is 2.46. The summed E-state index contributed by atoms with van der Waals surface area (Å²) in [4.78, 5) is 0. The standard InChI is InChI=1S/C17H40N4S/c1-9-17-14-16(6)15-18(7)22(19(17)8,20(10-2)11-3)21(12-4)13-5/h16-17H,9-15H2,1-8H3. The lowest BCUT2D eigenvalue weighted by molar-refractivity contribution is 0.289. The average molecular weight is 333 g/mol. The Kier molecular flexibility index (Phi) is 8.17. The van der Waals surface area contributed by atoms with Crippen LogP contribution in [0.5, 0.6) is 0 Å². The van der Waals surface area contributed by atoms with Crippen LogP contribution in [0.2, 0.25) is 0 Å². The molecule has 0 aromatic carbocycles. The molecule has 0 aromatic heterocycles. The van der Waals surface area contributed by atoms with Gasteiger partial charge in [-0.05, 0) is 43.6 Å². The second kappa shape index (κ2) is 8.88. The summed E-state index contributed by atoms with van der Waals surface area (Å²) in [6.45, 7) is 19.7. The second-order valence-corrected chi connectivity index (χ2v) is 9.69. The maximum atomic E-state index is 2.75. The molecule has 0 aromatic rings. The summed E-state index contributed by atoms with van der Waals surface area (Å²) in [5.41, 5.74) is 0. The molecule has 0 bridgehead atoms. The Hall–Kier alpha value is 0.190. The SMILES string of the molecule is CCC1CC(C)CN(C)S(N(CC)CC)(N(CC)CC)N1C. The van der Waals surface area contributed by atoms with Crippen molar-refractivity contribution in [2.75, 3.05) is 46.8 Å². The lowest BCUT2D eigenvalue weighted by Gasteiger charge is -2.63. The first-order valence-corrected chi connectivity index (χ1v) is 10.7. The minimum atomic E-state index is -1.23. The van der Waals surface area contributed by atoms with Gasteiger partial charge in [0.2, 0.25) is 0 Å². The van der Waals surface area contributed by atoms with Crippen molar-refractivity contribution >= 4 is 10.8 Å². The van der Waals surface area contributed by atoms with Gasteiger partial charge in [-0.2, -0.15) is 0 Å². The van der Waals surface area contributed by atoms with E-state index in [0.717, 1.165) is 32.1 Å². The summed E-state index contributed by atoms with van der Waals surface area (Å²) in [6, 6.07) is 0.677. The zero-order valence-electron chi connectivity index (χ0n) is 16.3. The smallest absolute Gasteiger partial charge is 0.0218 e. The molecule has 1 saturated heterocycles. The highest BCUT2D eigenvalue weighted by Crippen LogP contribution is 2.61. The quantitative estimate of drug-likeness (QED) is 0.702. The van der Waals surface area contributed by atoms with Crippen LogP contribution in [0.3, 0.4) is 0 Å². The third kappa shape index (κ3) is 3.48. The third-order valence-corrected chi connectivity index (χ3v) is 9.61. The van der Waals surface area contributed by atoms with Crippen LogP contribution in [0.25, 0.3) is 0 Å². The van der Waals surface area contributed by atoms with E-state index in [0.29, 0.717) is 6.04 Å². The molecule has 134 valence electrons. The van der Waals surface area contributed by atoms with Gasteiger partial charge in [0.15, 0.2) is 0 Å². The number of hydrogen-bond acceptors (Lipinski definition) is 4. The third-order valence-electron chi connectivity index (χ3n) is 5.14. The molecule has 1 fully saturated rings. The van der Waals surface area contributed by atoms with E-state index < -0.39 is 10.8 Å². The molecule has 2 atom stereocenters. The van der Waals surface area contributed by atoms with Crippen LogP contribution >= 0.6 is 10.8 Å². The molecular weight excluding hydrogens is 292 g/mol. The van der Waals surface area contributed by atoms with Crippen molar-refractivity contribution in [2.45, 2.75) is 60.4 Å². The molecule has 5 heteroatoms. The number of hydrogen-bond donors (Lipinski definition) is 0. The molecule has 1 aliphatic heterocycles. The van der Waals surface area contributed by atoms with Crippen LogP contribution in [0, 0.1) is 5.92 Å². The second-order valence-electron chi connectivity index (χ2n) is 6.48.